The lowest BCUT2D eigenvalue weighted by Gasteiger charge is -2.26. The van der Waals surface area contributed by atoms with Crippen LogP contribution in [0.25, 0.3) is 0 Å². The predicted molar refractivity (Wildman–Crippen MR) is 81.0 cm³/mol. The lowest BCUT2D eigenvalue weighted by molar-refractivity contribution is 0.215. The summed E-state index contributed by atoms with van der Waals surface area (Å²) in [6.07, 6.45) is 6.93. The highest BCUT2D eigenvalue weighted by atomic mass is 15.1. The molecule has 0 aromatic rings. The molecule has 0 aromatic carbocycles. The fourth-order valence-electron chi connectivity index (χ4n) is 2.52. The monoisotopic (exact) mass is 254 g/mol. The molecule has 0 aliphatic heterocycles. The molecular formula is C16H34N2. The number of rotatable bonds is 11. The predicted octanol–water partition coefficient (Wildman–Crippen LogP) is 3.52. The second kappa shape index (κ2) is 8.92. The third kappa shape index (κ3) is 8.93. The summed E-state index contributed by atoms with van der Waals surface area (Å²) < 4.78 is 0. The molecule has 0 unspecified atom stereocenters. The molecule has 1 aliphatic rings. The average molecular weight is 254 g/mol. The van der Waals surface area contributed by atoms with Crippen LogP contribution in [0.5, 0.6) is 0 Å². The Morgan fingerprint density at radius 3 is 2.06 bits per heavy atom. The molecule has 0 heterocycles. The van der Waals surface area contributed by atoms with Gasteiger partial charge in [-0.2, -0.15) is 0 Å². The summed E-state index contributed by atoms with van der Waals surface area (Å²) in [5.74, 6) is 1.58. The molecule has 108 valence electrons. The van der Waals surface area contributed by atoms with Gasteiger partial charge in [0.2, 0.25) is 0 Å². The maximum atomic E-state index is 3.60. The Kier molecular flexibility index (Phi) is 7.92. The minimum atomic E-state index is 0.792. The highest BCUT2D eigenvalue weighted by molar-refractivity contribution is 4.80. The van der Waals surface area contributed by atoms with Crippen molar-refractivity contribution in [1.82, 2.24) is 10.2 Å². The van der Waals surface area contributed by atoms with E-state index in [2.05, 4.69) is 37.9 Å². The third-order valence-corrected chi connectivity index (χ3v) is 3.41. The lowest BCUT2D eigenvalue weighted by atomic mass is 10.1. The minimum absolute atomic E-state index is 0.792. The van der Waals surface area contributed by atoms with Crippen LogP contribution in [-0.4, -0.2) is 37.1 Å². The highest BCUT2D eigenvalue weighted by Crippen LogP contribution is 2.18. The number of nitrogens with one attached hydrogen (secondary N) is 1. The second-order valence-corrected chi connectivity index (χ2v) is 6.84. The quantitative estimate of drug-likeness (QED) is 0.568. The molecule has 0 bridgehead atoms. The zero-order valence-electron chi connectivity index (χ0n) is 13.0. The van der Waals surface area contributed by atoms with Crippen LogP contribution in [0.1, 0.15) is 59.8 Å². The Morgan fingerprint density at radius 1 is 0.944 bits per heavy atom. The molecule has 0 atom stereocenters. The molecule has 0 radical (unpaired) electrons. The van der Waals surface area contributed by atoms with Crippen molar-refractivity contribution in [3.63, 3.8) is 0 Å². The number of hydrogen-bond donors (Lipinski definition) is 1. The van der Waals surface area contributed by atoms with Gasteiger partial charge in [-0.25, -0.2) is 0 Å². The lowest BCUT2D eigenvalue weighted by Crippen LogP contribution is -2.32. The van der Waals surface area contributed by atoms with Crippen molar-refractivity contribution in [2.24, 2.45) is 11.8 Å². The fourth-order valence-corrected chi connectivity index (χ4v) is 2.52. The zero-order valence-corrected chi connectivity index (χ0v) is 13.0. The van der Waals surface area contributed by atoms with Crippen LogP contribution in [0.3, 0.4) is 0 Å². The maximum Gasteiger partial charge on any atom is 0.00682 e. The first-order valence-electron chi connectivity index (χ1n) is 8.03. The summed E-state index contributed by atoms with van der Waals surface area (Å²) in [6.45, 7) is 14.4. The molecule has 0 amide bonds. The van der Waals surface area contributed by atoms with E-state index in [1.807, 2.05) is 0 Å². The van der Waals surface area contributed by atoms with Crippen LogP contribution in [0.2, 0.25) is 0 Å². The summed E-state index contributed by atoms with van der Waals surface area (Å²) in [5, 5.41) is 3.60. The highest BCUT2D eigenvalue weighted by Gasteiger charge is 2.19. The number of hydrogen-bond acceptors (Lipinski definition) is 2. The van der Waals surface area contributed by atoms with Gasteiger partial charge in [0.05, 0.1) is 0 Å². The van der Waals surface area contributed by atoms with Crippen LogP contribution in [-0.2, 0) is 0 Å². The van der Waals surface area contributed by atoms with Gasteiger partial charge >= 0.3 is 0 Å². The Balaban J connectivity index is 1.99. The van der Waals surface area contributed by atoms with Crippen molar-refractivity contribution in [3.05, 3.63) is 0 Å². The van der Waals surface area contributed by atoms with Gasteiger partial charge in [0.1, 0.15) is 0 Å². The molecular weight excluding hydrogens is 220 g/mol. The van der Waals surface area contributed by atoms with E-state index in [0.29, 0.717) is 0 Å². The molecule has 0 saturated heterocycles. The van der Waals surface area contributed by atoms with Crippen LogP contribution < -0.4 is 5.32 Å². The number of nitrogens with zero attached hydrogens (tertiary/aromatic N) is 1. The first kappa shape index (κ1) is 16.0. The van der Waals surface area contributed by atoms with Crippen molar-refractivity contribution in [2.75, 3.05) is 26.2 Å². The van der Waals surface area contributed by atoms with Crippen LogP contribution in [0.15, 0.2) is 0 Å². The van der Waals surface area contributed by atoms with Gasteiger partial charge in [0.15, 0.2) is 0 Å². The van der Waals surface area contributed by atoms with Crippen LogP contribution >= 0.6 is 0 Å². The fraction of sp³-hybridized carbons (Fsp3) is 1.00. The Morgan fingerprint density at radius 2 is 1.56 bits per heavy atom. The van der Waals surface area contributed by atoms with Crippen molar-refractivity contribution >= 4 is 0 Å². The van der Waals surface area contributed by atoms with Crippen molar-refractivity contribution in [2.45, 2.75) is 65.8 Å². The molecule has 2 heteroatoms. The molecule has 18 heavy (non-hydrogen) atoms. The second-order valence-electron chi connectivity index (χ2n) is 6.84. The molecule has 0 spiro atoms. The van der Waals surface area contributed by atoms with Gasteiger partial charge < -0.3 is 10.2 Å². The summed E-state index contributed by atoms with van der Waals surface area (Å²) in [6, 6.07) is 0.878. The third-order valence-electron chi connectivity index (χ3n) is 3.41. The standard InChI is InChI=1S/C16H34N2/c1-14(2)12-18(13-15(3)4)11-7-5-6-10-17-16-8-9-16/h14-17H,5-13H2,1-4H3. The largest absolute Gasteiger partial charge is 0.314 e. The van der Waals surface area contributed by atoms with E-state index < -0.39 is 0 Å². The summed E-state index contributed by atoms with van der Waals surface area (Å²) in [7, 11) is 0. The average Bonchev–Trinajstić information content (AvgIpc) is 3.05. The van der Waals surface area contributed by atoms with E-state index in [1.54, 1.807) is 0 Å². The first-order chi connectivity index (χ1) is 8.58. The molecule has 1 N–H and O–H groups in total. The van der Waals surface area contributed by atoms with Gasteiger partial charge in [0, 0.05) is 19.1 Å². The van der Waals surface area contributed by atoms with Crippen molar-refractivity contribution < 1.29 is 0 Å². The van der Waals surface area contributed by atoms with E-state index in [9.17, 15) is 0 Å². The minimum Gasteiger partial charge on any atom is -0.314 e. The van der Waals surface area contributed by atoms with Gasteiger partial charge in [-0.3, -0.25) is 0 Å². The van der Waals surface area contributed by atoms with E-state index in [0.717, 1.165) is 17.9 Å². The maximum absolute atomic E-state index is 3.60. The van der Waals surface area contributed by atoms with Gasteiger partial charge in [-0.15, -0.1) is 0 Å². The van der Waals surface area contributed by atoms with E-state index in [-0.39, 0.29) is 0 Å². The first-order valence-corrected chi connectivity index (χ1v) is 8.03. The molecule has 1 aliphatic carbocycles. The topological polar surface area (TPSA) is 15.3 Å². The van der Waals surface area contributed by atoms with E-state index in [1.165, 1.54) is 58.3 Å². The molecule has 1 fully saturated rings. The number of unbranched alkanes of at least 4 members (excludes halogenated alkanes) is 2. The summed E-state index contributed by atoms with van der Waals surface area (Å²) in [4.78, 5) is 2.66. The molecule has 0 aromatic heterocycles. The van der Waals surface area contributed by atoms with E-state index >= 15 is 0 Å². The van der Waals surface area contributed by atoms with Gasteiger partial charge in [-0.05, 0) is 50.6 Å². The Labute approximate surface area is 115 Å². The van der Waals surface area contributed by atoms with Crippen molar-refractivity contribution in [3.8, 4) is 0 Å². The normalized spacial score (nSPS) is 16.2. The van der Waals surface area contributed by atoms with Crippen LogP contribution in [0.4, 0.5) is 0 Å². The molecule has 1 rings (SSSR count). The SMILES string of the molecule is CC(C)CN(CCCCCNC1CC1)CC(C)C. The molecule has 1 saturated carbocycles. The smallest absolute Gasteiger partial charge is 0.00682 e. The zero-order chi connectivity index (χ0) is 13.4. The molecule has 2 nitrogen and oxygen atoms in total. The van der Waals surface area contributed by atoms with Gasteiger partial charge in [0.25, 0.3) is 0 Å². The van der Waals surface area contributed by atoms with E-state index in [4.69, 9.17) is 0 Å². The van der Waals surface area contributed by atoms with Gasteiger partial charge in [-0.1, -0.05) is 34.1 Å². The summed E-state index contributed by atoms with van der Waals surface area (Å²) in [5.41, 5.74) is 0. The van der Waals surface area contributed by atoms with Crippen molar-refractivity contribution in [1.29, 1.82) is 0 Å². The Hall–Kier alpha value is -0.0800. The Bertz CT molecular complexity index is 187. The summed E-state index contributed by atoms with van der Waals surface area (Å²) >= 11 is 0. The van der Waals surface area contributed by atoms with Crippen LogP contribution in [0, 0.1) is 11.8 Å².